The zero-order chi connectivity index (χ0) is 9.59. The van der Waals surface area contributed by atoms with Crippen molar-refractivity contribution in [3.8, 4) is 0 Å². The lowest BCUT2D eigenvalue weighted by Crippen LogP contribution is -2.38. The van der Waals surface area contributed by atoms with Crippen LogP contribution >= 0.6 is 0 Å². The van der Waals surface area contributed by atoms with E-state index in [1.54, 1.807) is 0 Å². The SMILES string of the molecule is COC(=O)C1C(O)C2CCC1N2C. The van der Waals surface area contributed by atoms with Gasteiger partial charge in [-0.25, -0.2) is 0 Å². The fourth-order valence-electron chi connectivity index (χ4n) is 2.74. The Bertz CT molecular complexity index is 231. The highest BCUT2D eigenvalue weighted by Gasteiger charge is 2.54. The Kier molecular flexibility index (Phi) is 2.04. The predicted molar refractivity (Wildman–Crippen MR) is 46.1 cm³/mol. The van der Waals surface area contributed by atoms with Crippen molar-refractivity contribution in [3.05, 3.63) is 0 Å². The van der Waals surface area contributed by atoms with Crippen LogP contribution in [0.4, 0.5) is 0 Å². The molecule has 2 saturated heterocycles. The number of carbonyl (C=O) groups excluding carboxylic acids is 1. The highest BCUT2D eigenvalue weighted by atomic mass is 16.5. The average Bonchev–Trinajstić information content (AvgIpc) is 2.58. The number of fused-ring (bicyclic) bond motifs is 2. The van der Waals surface area contributed by atoms with Crippen LogP contribution < -0.4 is 0 Å². The van der Waals surface area contributed by atoms with E-state index < -0.39 is 6.10 Å². The van der Waals surface area contributed by atoms with Crippen LogP contribution in [0.3, 0.4) is 0 Å². The summed E-state index contributed by atoms with van der Waals surface area (Å²) in [5.74, 6) is -0.597. The third kappa shape index (κ3) is 1.09. The Hall–Kier alpha value is -0.610. The van der Waals surface area contributed by atoms with Gasteiger partial charge in [0.15, 0.2) is 0 Å². The molecule has 4 atom stereocenters. The van der Waals surface area contributed by atoms with Crippen molar-refractivity contribution in [2.45, 2.75) is 31.0 Å². The first-order valence-electron chi connectivity index (χ1n) is 4.64. The molecule has 2 rings (SSSR count). The van der Waals surface area contributed by atoms with Crippen LogP contribution in [0.25, 0.3) is 0 Å². The zero-order valence-corrected chi connectivity index (χ0v) is 7.93. The predicted octanol–water partition coefficient (Wildman–Crippen LogP) is -0.387. The normalized spacial score (nSPS) is 43.9. The van der Waals surface area contributed by atoms with Gasteiger partial charge in [-0.1, -0.05) is 0 Å². The van der Waals surface area contributed by atoms with E-state index in [1.807, 2.05) is 7.05 Å². The molecular weight excluding hydrogens is 170 g/mol. The van der Waals surface area contributed by atoms with Gasteiger partial charge in [0.25, 0.3) is 0 Å². The second-order valence-corrected chi connectivity index (χ2v) is 3.92. The first-order valence-corrected chi connectivity index (χ1v) is 4.64. The minimum Gasteiger partial charge on any atom is -0.469 e. The molecule has 74 valence electrons. The fourth-order valence-corrected chi connectivity index (χ4v) is 2.74. The lowest BCUT2D eigenvalue weighted by Gasteiger charge is -2.22. The molecule has 0 aromatic rings. The number of carbonyl (C=O) groups is 1. The Morgan fingerprint density at radius 2 is 2.08 bits per heavy atom. The second kappa shape index (κ2) is 2.96. The lowest BCUT2D eigenvalue weighted by molar-refractivity contribution is -0.149. The quantitative estimate of drug-likeness (QED) is 0.565. The largest absolute Gasteiger partial charge is 0.469 e. The number of aliphatic hydroxyl groups excluding tert-OH is 1. The van der Waals surface area contributed by atoms with Crippen LogP contribution in [-0.2, 0) is 9.53 Å². The number of esters is 1. The third-order valence-corrected chi connectivity index (χ3v) is 3.45. The monoisotopic (exact) mass is 185 g/mol. The molecule has 2 fully saturated rings. The molecule has 0 aromatic carbocycles. The number of ether oxygens (including phenoxy) is 1. The van der Waals surface area contributed by atoms with Gasteiger partial charge < -0.3 is 9.84 Å². The Morgan fingerprint density at radius 3 is 2.54 bits per heavy atom. The van der Waals surface area contributed by atoms with E-state index >= 15 is 0 Å². The molecule has 0 aromatic heterocycles. The van der Waals surface area contributed by atoms with Crippen molar-refractivity contribution in [3.63, 3.8) is 0 Å². The topological polar surface area (TPSA) is 49.8 Å². The van der Waals surface area contributed by atoms with Gasteiger partial charge in [-0.3, -0.25) is 9.69 Å². The van der Waals surface area contributed by atoms with Crippen LogP contribution in [0.5, 0.6) is 0 Å². The van der Waals surface area contributed by atoms with Crippen molar-refractivity contribution in [2.24, 2.45) is 5.92 Å². The van der Waals surface area contributed by atoms with Crippen LogP contribution in [0.1, 0.15) is 12.8 Å². The van der Waals surface area contributed by atoms with E-state index in [9.17, 15) is 9.90 Å². The molecule has 2 heterocycles. The maximum atomic E-state index is 11.4. The van der Waals surface area contributed by atoms with Crippen LogP contribution in [-0.4, -0.2) is 48.3 Å². The second-order valence-electron chi connectivity index (χ2n) is 3.92. The Morgan fingerprint density at radius 1 is 1.46 bits per heavy atom. The summed E-state index contributed by atoms with van der Waals surface area (Å²) in [4.78, 5) is 13.5. The number of methoxy groups -OCH3 is 1. The molecule has 0 saturated carbocycles. The summed E-state index contributed by atoms with van der Waals surface area (Å²) in [7, 11) is 3.34. The van der Waals surface area contributed by atoms with Crippen molar-refractivity contribution in [1.82, 2.24) is 4.90 Å². The fraction of sp³-hybridized carbons (Fsp3) is 0.889. The summed E-state index contributed by atoms with van der Waals surface area (Å²) in [6.07, 6.45) is 1.46. The molecule has 2 aliphatic rings. The number of hydrogen-bond acceptors (Lipinski definition) is 4. The molecule has 0 aliphatic carbocycles. The highest BCUT2D eigenvalue weighted by molar-refractivity contribution is 5.74. The van der Waals surface area contributed by atoms with E-state index in [4.69, 9.17) is 0 Å². The van der Waals surface area contributed by atoms with Gasteiger partial charge >= 0.3 is 5.97 Å². The van der Waals surface area contributed by atoms with Crippen LogP contribution in [0, 0.1) is 5.92 Å². The number of rotatable bonds is 1. The number of likely N-dealkylation sites (N-methyl/N-ethyl adjacent to an activating group) is 1. The van der Waals surface area contributed by atoms with Gasteiger partial charge in [-0.15, -0.1) is 0 Å². The summed E-state index contributed by atoms with van der Waals surface area (Å²) in [5, 5.41) is 9.81. The summed E-state index contributed by atoms with van der Waals surface area (Å²) in [6, 6.07) is 0.349. The van der Waals surface area contributed by atoms with E-state index in [0.29, 0.717) is 0 Å². The van der Waals surface area contributed by atoms with Gasteiger partial charge in [0.05, 0.1) is 19.1 Å². The average molecular weight is 185 g/mol. The standard InChI is InChI=1S/C9H15NO3/c1-10-5-3-4-6(10)8(11)7(5)9(12)13-2/h5-8,11H,3-4H2,1-2H3. The van der Waals surface area contributed by atoms with Crippen molar-refractivity contribution in [2.75, 3.05) is 14.2 Å². The molecule has 0 spiro atoms. The number of hydrogen-bond donors (Lipinski definition) is 1. The van der Waals surface area contributed by atoms with Gasteiger partial charge in [0.1, 0.15) is 0 Å². The van der Waals surface area contributed by atoms with E-state index in [1.165, 1.54) is 7.11 Å². The molecule has 2 bridgehead atoms. The van der Waals surface area contributed by atoms with E-state index in [0.717, 1.165) is 12.8 Å². The first-order chi connectivity index (χ1) is 6.16. The smallest absolute Gasteiger partial charge is 0.312 e. The molecule has 0 radical (unpaired) electrons. The molecular formula is C9H15NO3. The highest BCUT2D eigenvalue weighted by Crippen LogP contribution is 2.40. The zero-order valence-electron chi connectivity index (χ0n) is 7.93. The lowest BCUT2D eigenvalue weighted by atomic mass is 9.87. The third-order valence-electron chi connectivity index (χ3n) is 3.45. The number of aliphatic hydroxyl groups is 1. The van der Waals surface area contributed by atoms with E-state index in [-0.39, 0.29) is 24.0 Å². The molecule has 1 N–H and O–H groups in total. The summed E-state index contributed by atoms with van der Waals surface area (Å²) >= 11 is 0. The van der Waals surface area contributed by atoms with Gasteiger partial charge in [-0.2, -0.15) is 0 Å². The van der Waals surface area contributed by atoms with E-state index in [2.05, 4.69) is 9.64 Å². The maximum absolute atomic E-state index is 11.4. The minimum absolute atomic E-state index is 0.161. The van der Waals surface area contributed by atoms with Crippen LogP contribution in [0.15, 0.2) is 0 Å². The molecule has 13 heavy (non-hydrogen) atoms. The van der Waals surface area contributed by atoms with Crippen LogP contribution in [0.2, 0.25) is 0 Å². The Balaban J connectivity index is 2.18. The molecule has 4 unspecified atom stereocenters. The molecule has 2 aliphatic heterocycles. The molecule has 4 nitrogen and oxygen atoms in total. The maximum Gasteiger partial charge on any atom is 0.312 e. The Labute approximate surface area is 77.5 Å². The summed E-state index contributed by atoms with van der Waals surface area (Å²) in [5.41, 5.74) is 0. The molecule has 0 amide bonds. The van der Waals surface area contributed by atoms with Crippen molar-refractivity contribution in [1.29, 1.82) is 0 Å². The summed E-state index contributed by atoms with van der Waals surface area (Å²) in [6.45, 7) is 0. The van der Waals surface area contributed by atoms with Gasteiger partial charge in [0.2, 0.25) is 0 Å². The van der Waals surface area contributed by atoms with Crippen molar-refractivity contribution < 1.29 is 14.6 Å². The van der Waals surface area contributed by atoms with Crippen molar-refractivity contribution >= 4 is 5.97 Å². The molecule has 4 heteroatoms. The van der Waals surface area contributed by atoms with Gasteiger partial charge in [-0.05, 0) is 19.9 Å². The first kappa shape index (κ1) is 8.97. The number of nitrogens with zero attached hydrogens (tertiary/aromatic N) is 1. The summed E-state index contributed by atoms with van der Waals surface area (Å²) < 4.78 is 4.68. The van der Waals surface area contributed by atoms with Gasteiger partial charge in [0, 0.05) is 12.1 Å². The minimum atomic E-state index is -0.531.